The van der Waals surface area contributed by atoms with E-state index in [1.54, 1.807) is 23.6 Å². The molecule has 2 aromatic rings. The fraction of sp³-hybridized carbons (Fsp3) is 0.545. The van der Waals surface area contributed by atoms with Crippen LogP contribution in [0.25, 0.3) is 0 Å². The van der Waals surface area contributed by atoms with Crippen molar-refractivity contribution in [1.82, 2.24) is 14.7 Å². The number of rotatable bonds is 6. The molecule has 0 N–H and O–H groups in total. The normalized spacial score (nSPS) is 19.7. The number of hydrogen-bond acceptors (Lipinski definition) is 4. The minimum absolute atomic E-state index is 0.0629. The number of benzene rings is 2. The maximum absolute atomic E-state index is 13.8. The van der Waals surface area contributed by atoms with E-state index in [-0.39, 0.29) is 49.1 Å². The zero-order valence-corrected chi connectivity index (χ0v) is 26.3. The first kappa shape index (κ1) is 35.1. The lowest BCUT2D eigenvalue weighted by Crippen LogP contribution is -2.51. The number of ether oxygens (including phenoxy) is 1. The number of hydrogen-bond donors (Lipinski definition) is 0. The van der Waals surface area contributed by atoms with Crippen LogP contribution in [0.3, 0.4) is 0 Å². The molecule has 0 bridgehead atoms. The molecule has 2 fully saturated rings. The topological polar surface area (TPSA) is 70.2 Å². The SMILES string of the molecule is Cc1ccccc1[C@@H]1CN(C(=O)C2CCN(C(=O)OC(C)C)CC2)CC[C@H]1C(=O)N(C)Cc1cc(C(F)(F)F)cc(C(F)(F)F)c1. The maximum Gasteiger partial charge on any atom is 0.416 e. The summed E-state index contributed by atoms with van der Waals surface area (Å²) in [5.41, 5.74) is -1.43. The third kappa shape index (κ3) is 8.33. The van der Waals surface area contributed by atoms with Crippen molar-refractivity contribution >= 4 is 17.9 Å². The molecule has 252 valence electrons. The fourth-order valence-electron chi connectivity index (χ4n) is 6.35. The Morgan fingerprint density at radius 3 is 2.00 bits per heavy atom. The summed E-state index contributed by atoms with van der Waals surface area (Å²) in [4.78, 5) is 44.3. The lowest BCUT2D eigenvalue weighted by atomic mass is 9.77. The van der Waals surface area contributed by atoms with E-state index in [2.05, 4.69) is 0 Å². The number of piperidine rings is 2. The smallest absolute Gasteiger partial charge is 0.416 e. The van der Waals surface area contributed by atoms with Crippen LogP contribution in [0.1, 0.15) is 66.8 Å². The number of carbonyl (C=O) groups is 3. The van der Waals surface area contributed by atoms with Crippen molar-refractivity contribution in [3.63, 3.8) is 0 Å². The van der Waals surface area contributed by atoms with Gasteiger partial charge in [-0.1, -0.05) is 24.3 Å². The molecule has 2 aliphatic rings. The first-order chi connectivity index (χ1) is 21.5. The van der Waals surface area contributed by atoms with Crippen LogP contribution in [0.5, 0.6) is 0 Å². The summed E-state index contributed by atoms with van der Waals surface area (Å²) >= 11 is 0. The Morgan fingerprint density at radius 2 is 1.46 bits per heavy atom. The van der Waals surface area contributed by atoms with E-state index >= 15 is 0 Å². The Bertz CT molecular complexity index is 1390. The molecule has 0 saturated carbocycles. The molecule has 4 rings (SSSR count). The minimum atomic E-state index is -5.00. The van der Waals surface area contributed by atoms with Crippen molar-refractivity contribution in [2.45, 2.75) is 71.0 Å². The highest BCUT2D eigenvalue weighted by molar-refractivity contribution is 5.82. The van der Waals surface area contributed by atoms with Crippen molar-refractivity contribution in [2.75, 3.05) is 33.2 Å². The van der Waals surface area contributed by atoms with Gasteiger partial charge >= 0.3 is 18.4 Å². The van der Waals surface area contributed by atoms with E-state index in [0.717, 1.165) is 16.0 Å². The summed E-state index contributed by atoms with van der Waals surface area (Å²) in [5.74, 6) is -1.90. The van der Waals surface area contributed by atoms with Crippen LogP contribution in [0.15, 0.2) is 42.5 Å². The van der Waals surface area contributed by atoms with Gasteiger partial charge in [0.15, 0.2) is 0 Å². The lowest BCUT2D eigenvalue weighted by Gasteiger charge is -2.42. The van der Waals surface area contributed by atoms with Gasteiger partial charge in [-0.05, 0) is 74.9 Å². The average molecular weight is 656 g/mol. The van der Waals surface area contributed by atoms with Gasteiger partial charge in [-0.15, -0.1) is 0 Å². The van der Waals surface area contributed by atoms with Crippen LogP contribution in [0, 0.1) is 18.8 Å². The van der Waals surface area contributed by atoms with E-state index in [0.29, 0.717) is 38.1 Å². The Morgan fingerprint density at radius 1 is 0.891 bits per heavy atom. The van der Waals surface area contributed by atoms with Crippen LogP contribution >= 0.6 is 0 Å². The molecule has 0 aromatic heterocycles. The van der Waals surface area contributed by atoms with Gasteiger partial charge in [-0.3, -0.25) is 9.59 Å². The van der Waals surface area contributed by atoms with Gasteiger partial charge in [0.2, 0.25) is 11.8 Å². The molecule has 0 spiro atoms. The Balaban J connectivity index is 1.52. The number of carbonyl (C=O) groups excluding carboxylic acids is 3. The molecule has 46 heavy (non-hydrogen) atoms. The summed E-state index contributed by atoms with van der Waals surface area (Å²) < 4.78 is 85.9. The van der Waals surface area contributed by atoms with Crippen LogP contribution in [0.4, 0.5) is 31.1 Å². The monoisotopic (exact) mass is 655 g/mol. The highest BCUT2D eigenvalue weighted by atomic mass is 19.4. The zero-order valence-electron chi connectivity index (χ0n) is 26.3. The summed E-state index contributed by atoms with van der Waals surface area (Å²) in [6, 6.07) is 8.75. The number of aryl methyl sites for hydroxylation is 1. The minimum Gasteiger partial charge on any atom is -0.447 e. The van der Waals surface area contributed by atoms with Gasteiger partial charge in [0.1, 0.15) is 0 Å². The summed E-state index contributed by atoms with van der Waals surface area (Å²) in [6.07, 6.45) is -9.45. The summed E-state index contributed by atoms with van der Waals surface area (Å²) in [7, 11) is 1.36. The second-order valence-corrected chi connectivity index (χ2v) is 12.4. The Hall–Kier alpha value is -3.77. The molecule has 2 aromatic carbocycles. The molecule has 0 unspecified atom stereocenters. The third-order valence-electron chi connectivity index (χ3n) is 8.71. The first-order valence-corrected chi connectivity index (χ1v) is 15.3. The van der Waals surface area contributed by atoms with Gasteiger partial charge in [-0.2, -0.15) is 26.3 Å². The van der Waals surface area contributed by atoms with Crippen molar-refractivity contribution in [1.29, 1.82) is 0 Å². The third-order valence-corrected chi connectivity index (χ3v) is 8.71. The number of nitrogens with zero attached hydrogens (tertiary/aromatic N) is 3. The molecule has 0 aliphatic carbocycles. The molecule has 2 saturated heterocycles. The van der Waals surface area contributed by atoms with Crippen molar-refractivity contribution < 1.29 is 45.5 Å². The van der Waals surface area contributed by atoms with Crippen LogP contribution in [0.2, 0.25) is 0 Å². The molecule has 2 aliphatic heterocycles. The Labute approximate surface area is 264 Å². The van der Waals surface area contributed by atoms with E-state index in [4.69, 9.17) is 4.74 Å². The van der Waals surface area contributed by atoms with E-state index in [1.807, 2.05) is 31.2 Å². The maximum atomic E-state index is 13.8. The van der Waals surface area contributed by atoms with Crippen molar-refractivity contribution in [3.05, 3.63) is 70.3 Å². The number of alkyl halides is 6. The quantitative estimate of drug-likeness (QED) is 0.319. The Kier molecular flexibility index (Phi) is 10.6. The molecule has 0 radical (unpaired) electrons. The van der Waals surface area contributed by atoms with Crippen LogP contribution in [-0.2, 0) is 33.2 Å². The van der Waals surface area contributed by atoms with E-state index in [1.165, 1.54) is 7.05 Å². The summed E-state index contributed by atoms with van der Waals surface area (Å²) in [6.45, 7) is 6.22. The molecular weight excluding hydrogens is 616 g/mol. The van der Waals surface area contributed by atoms with Crippen molar-refractivity contribution in [2.24, 2.45) is 11.8 Å². The largest absolute Gasteiger partial charge is 0.447 e. The number of amides is 3. The van der Waals surface area contributed by atoms with Gasteiger partial charge in [0.05, 0.1) is 17.2 Å². The summed E-state index contributed by atoms with van der Waals surface area (Å²) in [5, 5.41) is 0. The van der Waals surface area contributed by atoms with Gasteiger partial charge < -0.3 is 19.4 Å². The second kappa shape index (κ2) is 13.9. The highest BCUT2D eigenvalue weighted by Gasteiger charge is 2.41. The molecule has 2 heterocycles. The molecule has 2 atom stereocenters. The van der Waals surface area contributed by atoms with Crippen molar-refractivity contribution in [3.8, 4) is 0 Å². The molecular formula is C33H39F6N3O4. The van der Waals surface area contributed by atoms with E-state index < -0.39 is 53.9 Å². The van der Waals surface area contributed by atoms with Gasteiger partial charge in [-0.25, -0.2) is 4.79 Å². The van der Waals surface area contributed by atoms with Crippen LogP contribution in [-0.4, -0.2) is 71.9 Å². The molecule has 7 nitrogen and oxygen atoms in total. The second-order valence-electron chi connectivity index (χ2n) is 12.4. The van der Waals surface area contributed by atoms with Gasteiger partial charge in [0.25, 0.3) is 0 Å². The van der Waals surface area contributed by atoms with Gasteiger partial charge in [0, 0.05) is 57.5 Å². The highest BCUT2D eigenvalue weighted by Crippen LogP contribution is 2.39. The molecule has 3 amide bonds. The average Bonchev–Trinajstić information content (AvgIpc) is 2.99. The number of likely N-dealkylation sites (tertiary alicyclic amines) is 2. The number of halogens is 6. The van der Waals surface area contributed by atoms with E-state index in [9.17, 15) is 40.7 Å². The lowest BCUT2D eigenvalue weighted by molar-refractivity contribution is -0.144. The zero-order chi connectivity index (χ0) is 34.0. The predicted octanol–water partition coefficient (Wildman–Crippen LogP) is 6.88. The van der Waals surface area contributed by atoms with Crippen LogP contribution < -0.4 is 0 Å². The molecule has 13 heteroatoms. The predicted molar refractivity (Wildman–Crippen MR) is 157 cm³/mol. The fourth-order valence-corrected chi connectivity index (χ4v) is 6.35. The first-order valence-electron chi connectivity index (χ1n) is 15.3. The standard InChI is InChI=1S/C33H39F6N3O4/c1-20(2)46-31(45)41-12-9-23(10-13-41)29(43)42-14-11-27(28(19-42)26-8-6-5-7-21(26)3)30(44)40(4)18-22-15-24(32(34,35)36)17-25(16-22)33(37,38)39/h5-8,15-17,20,23,27-28H,9-14,18-19H2,1-4H3/t27-,28+/m1/s1.